The van der Waals surface area contributed by atoms with Crippen LogP contribution in [0.1, 0.15) is 12.3 Å². The summed E-state index contributed by atoms with van der Waals surface area (Å²) in [6, 6.07) is 0.587. The first-order chi connectivity index (χ1) is 10.3. The minimum atomic E-state index is 0.206. The summed E-state index contributed by atoms with van der Waals surface area (Å²) >= 11 is 0. The second kappa shape index (κ2) is 8.93. The Bertz CT molecular complexity index is 401. The number of aromatic nitrogens is 2. The fraction of sp³-hybridized carbons (Fsp3) is 0.846. The van der Waals surface area contributed by atoms with Gasteiger partial charge in [0.1, 0.15) is 0 Å². The first-order valence-electron chi connectivity index (χ1n) is 7.43. The molecule has 0 radical (unpaired) electrons. The molecule has 8 nitrogen and oxygen atoms in total. The van der Waals surface area contributed by atoms with E-state index in [1.807, 2.05) is 0 Å². The van der Waals surface area contributed by atoms with Crippen LogP contribution in [0.15, 0.2) is 4.42 Å². The molecule has 0 bridgehead atoms. The third kappa shape index (κ3) is 5.24. The molecule has 1 fully saturated rings. The summed E-state index contributed by atoms with van der Waals surface area (Å²) in [6.07, 6.45) is 1.03. The second-order valence-electron chi connectivity index (χ2n) is 5.05. The molecule has 1 aromatic heterocycles. The summed E-state index contributed by atoms with van der Waals surface area (Å²) in [5.41, 5.74) is 0. The van der Waals surface area contributed by atoms with Gasteiger partial charge in [-0.2, -0.15) is 0 Å². The van der Waals surface area contributed by atoms with Crippen LogP contribution in [0.3, 0.4) is 0 Å². The topological polar surface area (TPSA) is 86.9 Å². The molecular formula is C13H25N5O3. The van der Waals surface area contributed by atoms with Gasteiger partial charge in [0.25, 0.3) is 0 Å². The summed E-state index contributed by atoms with van der Waals surface area (Å²) in [4.78, 5) is 4.37. The average molecular weight is 299 g/mol. The van der Waals surface area contributed by atoms with E-state index in [4.69, 9.17) is 14.3 Å². The Morgan fingerprint density at radius 1 is 1.29 bits per heavy atom. The molecule has 0 spiro atoms. The van der Waals surface area contributed by atoms with Gasteiger partial charge < -0.3 is 24.5 Å². The molecule has 0 saturated carbocycles. The van der Waals surface area contributed by atoms with E-state index in [1.54, 1.807) is 7.11 Å². The number of β-amino-alcohol motifs (C(OH)–C–C–N with tert-alkyl or cyclic N) is 1. The zero-order valence-electron chi connectivity index (χ0n) is 12.6. The lowest BCUT2D eigenvalue weighted by molar-refractivity contribution is 0.198. The van der Waals surface area contributed by atoms with Crippen LogP contribution >= 0.6 is 0 Å². The maximum absolute atomic E-state index is 9.01. The highest BCUT2D eigenvalue weighted by molar-refractivity contribution is 5.24. The molecule has 1 aromatic rings. The van der Waals surface area contributed by atoms with Crippen molar-refractivity contribution in [2.75, 3.05) is 64.5 Å². The zero-order valence-corrected chi connectivity index (χ0v) is 12.6. The number of nitrogens with one attached hydrogen (secondary N) is 1. The third-order valence-electron chi connectivity index (χ3n) is 3.49. The largest absolute Gasteiger partial charge is 0.407 e. The van der Waals surface area contributed by atoms with Crippen molar-refractivity contribution in [3.63, 3.8) is 0 Å². The quantitative estimate of drug-likeness (QED) is 0.610. The van der Waals surface area contributed by atoms with Crippen LogP contribution in [-0.4, -0.2) is 79.8 Å². The number of anilines is 1. The first kappa shape index (κ1) is 16.2. The van der Waals surface area contributed by atoms with Gasteiger partial charge in [0.2, 0.25) is 5.89 Å². The predicted molar refractivity (Wildman–Crippen MR) is 78.2 cm³/mol. The van der Waals surface area contributed by atoms with Crippen molar-refractivity contribution in [2.45, 2.75) is 13.0 Å². The Kier molecular flexibility index (Phi) is 6.87. The van der Waals surface area contributed by atoms with E-state index >= 15 is 0 Å². The molecule has 0 unspecified atom stereocenters. The van der Waals surface area contributed by atoms with Crippen LogP contribution in [0.2, 0.25) is 0 Å². The molecule has 0 amide bonds. The Balaban J connectivity index is 1.80. The summed E-state index contributed by atoms with van der Waals surface area (Å²) in [5.74, 6) is 0.595. The molecule has 1 aliphatic rings. The van der Waals surface area contributed by atoms with Crippen LogP contribution in [0.4, 0.5) is 6.01 Å². The third-order valence-corrected chi connectivity index (χ3v) is 3.49. The Labute approximate surface area is 125 Å². The van der Waals surface area contributed by atoms with Crippen molar-refractivity contribution >= 4 is 6.01 Å². The molecular weight excluding hydrogens is 274 g/mol. The van der Waals surface area contributed by atoms with E-state index in [0.29, 0.717) is 25.1 Å². The molecule has 0 aliphatic carbocycles. The van der Waals surface area contributed by atoms with Gasteiger partial charge in [0.15, 0.2) is 0 Å². The van der Waals surface area contributed by atoms with Gasteiger partial charge in [-0.15, -0.1) is 5.10 Å². The van der Waals surface area contributed by atoms with Crippen LogP contribution < -0.4 is 10.2 Å². The standard InChI is InChI=1S/C13H25N5O3/c1-20-10-3-14-11-12-15-16-13(21-12)18-5-2-4-17(6-7-18)8-9-19/h14,19H,2-11H2,1H3. The van der Waals surface area contributed by atoms with Crippen molar-refractivity contribution in [1.29, 1.82) is 0 Å². The normalized spacial score (nSPS) is 17.1. The minimum Gasteiger partial charge on any atom is -0.407 e. The Hall–Kier alpha value is -1.22. The van der Waals surface area contributed by atoms with Gasteiger partial charge in [0.05, 0.1) is 19.8 Å². The van der Waals surface area contributed by atoms with E-state index in [-0.39, 0.29) is 6.61 Å². The number of nitrogens with zero attached hydrogens (tertiary/aromatic N) is 4. The summed E-state index contributed by atoms with van der Waals surface area (Å²) < 4.78 is 10.7. The number of aliphatic hydroxyl groups excluding tert-OH is 1. The number of aliphatic hydroxyl groups is 1. The maximum Gasteiger partial charge on any atom is 0.318 e. The fourth-order valence-corrected chi connectivity index (χ4v) is 2.34. The molecule has 8 heteroatoms. The van der Waals surface area contributed by atoms with Crippen molar-refractivity contribution < 1.29 is 14.3 Å². The molecule has 1 saturated heterocycles. The Morgan fingerprint density at radius 2 is 2.19 bits per heavy atom. The lowest BCUT2D eigenvalue weighted by atomic mass is 10.4. The highest BCUT2D eigenvalue weighted by Crippen LogP contribution is 2.14. The lowest BCUT2D eigenvalue weighted by Crippen LogP contribution is -2.32. The SMILES string of the molecule is COCCNCc1nnc(N2CCCN(CCO)CC2)o1. The predicted octanol–water partition coefficient (Wildman–Crippen LogP) is -0.690. The van der Waals surface area contributed by atoms with E-state index in [1.165, 1.54) is 0 Å². The molecule has 2 heterocycles. The van der Waals surface area contributed by atoms with Gasteiger partial charge in [-0.3, -0.25) is 4.90 Å². The Morgan fingerprint density at radius 3 is 3.00 bits per heavy atom. The molecule has 1 aliphatic heterocycles. The monoisotopic (exact) mass is 299 g/mol. The smallest absolute Gasteiger partial charge is 0.318 e. The van der Waals surface area contributed by atoms with Gasteiger partial charge >= 0.3 is 6.01 Å². The van der Waals surface area contributed by atoms with Gasteiger partial charge in [-0.05, 0) is 13.0 Å². The summed E-state index contributed by atoms with van der Waals surface area (Å²) in [6.45, 7) is 6.56. The van der Waals surface area contributed by atoms with Crippen molar-refractivity contribution in [1.82, 2.24) is 20.4 Å². The van der Waals surface area contributed by atoms with Gasteiger partial charge in [0, 0.05) is 39.8 Å². The average Bonchev–Trinajstić information content (AvgIpc) is 2.83. The first-order valence-corrected chi connectivity index (χ1v) is 7.43. The maximum atomic E-state index is 9.01. The molecule has 21 heavy (non-hydrogen) atoms. The lowest BCUT2D eigenvalue weighted by Gasteiger charge is -2.19. The minimum absolute atomic E-state index is 0.206. The summed E-state index contributed by atoms with van der Waals surface area (Å²) in [7, 11) is 1.67. The van der Waals surface area contributed by atoms with Crippen molar-refractivity contribution in [3.05, 3.63) is 5.89 Å². The highest BCUT2D eigenvalue weighted by atomic mass is 16.5. The van der Waals surface area contributed by atoms with Gasteiger partial charge in [-0.1, -0.05) is 5.10 Å². The number of ether oxygens (including phenoxy) is 1. The van der Waals surface area contributed by atoms with Crippen molar-refractivity contribution in [3.8, 4) is 0 Å². The van der Waals surface area contributed by atoms with Crippen LogP contribution in [0, 0.1) is 0 Å². The molecule has 2 rings (SSSR count). The van der Waals surface area contributed by atoms with E-state index in [2.05, 4.69) is 25.3 Å². The fourth-order valence-electron chi connectivity index (χ4n) is 2.34. The number of rotatable bonds is 8. The molecule has 2 N–H and O–H groups in total. The molecule has 0 atom stereocenters. The van der Waals surface area contributed by atoms with E-state index in [0.717, 1.165) is 45.7 Å². The van der Waals surface area contributed by atoms with E-state index in [9.17, 15) is 0 Å². The van der Waals surface area contributed by atoms with Crippen LogP contribution in [-0.2, 0) is 11.3 Å². The molecule has 0 aromatic carbocycles. The van der Waals surface area contributed by atoms with Crippen molar-refractivity contribution in [2.24, 2.45) is 0 Å². The molecule has 120 valence electrons. The van der Waals surface area contributed by atoms with Crippen LogP contribution in [0.5, 0.6) is 0 Å². The number of hydrogen-bond acceptors (Lipinski definition) is 8. The second-order valence-corrected chi connectivity index (χ2v) is 5.05. The van der Waals surface area contributed by atoms with Crippen LogP contribution in [0.25, 0.3) is 0 Å². The van der Waals surface area contributed by atoms with E-state index < -0.39 is 0 Å². The number of hydrogen-bond donors (Lipinski definition) is 2. The van der Waals surface area contributed by atoms with Gasteiger partial charge in [-0.25, -0.2) is 0 Å². The zero-order chi connectivity index (χ0) is 14.9. The number of methoxy groups -OCH3 is 1. The summed E-state index contributed by atoms with van der Waals surface area (Å²) in [5, 5.41) is 20.4. The highest BCUT2D eigenvalue weighted by Gasteiger charge is 2.19.